The summed E-state index contributed by atoms with van der Waals surface area (Å²) >= 11 is 5.71. The van der Waals surface area contributed by atoms with Crippen LogP contribution >= 0.6 is 11.6 Å². The molecule has 14 heavy (non-hydrogen) atoms. The van der Waals surface area contributed by atoms with Crippen LogP contribution in [0.25, 0.3) is 0 Å². The largest absolute Gasteiger partial charge is 0.328 e. The summed E-state index contributed by atoms with van der Waals surface area (Å²) in [5, 5.41) is 0.206. The lowest BCUT2D eigenvalue weighted by atomic mass is 10.1. The summed E-state index contributed by atoms with van der Waals surface area (Å²) in [5.41, 5.74) is 6.90. The molecule has 1 aliphatic rings. The lowest BCUT2D eigenvalue weighted by molar-refractivity contribution is 0.622. The van der Waals surface area contributed by atoms with E-state index in [0.29, 0.717) is 11.8 Å². The highest BCUT2D eigenvalue weighted by Crippen LogP contribution is 2.49. The van der Waals surface area contributed by atoms with Crippen molar-refractivity contribution in [1.82, 2.24) is 0 Å². The minimum atomic E-state index is -0.353. The number of hydrogen-bond donors (Lipinski definition) is 1. The van der Waals surface area contributed by atoms with Crippen LogP contribution in [0.4, 0.5) is 4.39 Å². The van der Waals surface area contributed by atoms with Crippen molar-refractivity contribution < 1.29 is 4.39 Å². The minimum Gasteiger partial charge on any atom is -0.328 e. The van der Waals surface area contributed by atoms with Crippen LogP contribution in [0.1, 0.15) is 24.8 Å². The first-order chi connectivity index (χ1) is 6.59. The van der Waals surface area contributed by atoms with Crippen LogP contribution < -0.4 is 5.73 Å². The molecule has 1 aromatic rings. The van der Waals surface area contributed by atoms with E-state index in [1.165, 1.54) is 6.07 Å². The zero-order valence-electron chi connectivity index (χ0n) is 8.00. The van der Waals surface area contributed by atoms with E-state index < -0.39 is 0 Å². The highest BCUT2D eigenvalue weighted by Gasteiger charge is 2.40. The quantitative estimate of drug-likeness (QED) is 0.803. The third-order valence-corrected chi connectivity index (χ3v) is 3.18. The molecule has 1 saturated carbocycles. The highest BCUT2D eigenvalue weighted by atomic mass is 35.5. The molecule has 3 atom stereocenters. The van der Waals surface area contributed by atoms with Crippen molar-refractivity contribution in [3.63, 3.8) is 0 Å². The van der Waals surface area contributed by atoms with Gasteiger partial charge in [-0.25, -0.2) is 4.39 Å². The predicted molar refractivity (Wildman–Crippen MR) is 55.9 cm³/mol. The highest BCUT2D eigenvalue weighted by molar-refractivity contribution is 6.30. The van der Waals surface area contributed by atoms with E-state index in [2.05, 4.69) is 0 Å². The minimum absolute atomic E-state index is 0.206. The predicted octanol–water partition coefficient (Wildman–Crippen LogP) is 2.93. The van der Waals surface area contributed by atoms with Crippen molar-refractivity contribution in [2.24, 2.45) is 11.7 Å². The standard InChI is InChI=1S/C11H13ClFN/c1-6(14)8-5-9(8)7-2-3-11(13)10(12)4-7/h2-4,6,8-9H,5,14H2,1H3. The Bertz CT molecular complexity index is 351. The molecular formula is C11H13ClFN. The number of rotatable bonds is 2. The van der Waals surface area contributed by atoms with Gasteiger partial charge in [0.2, 0.25) is 0 Å². The lowest BCUT2D eigenvalue weighted by Gasteiger charge is -2.04. The monoisotopic (exact) mass is 213 g/mol. The summed E-state index contributed by atoms with van der Waals surface area (Å²) in [4.78, 5) is 0. The van der Waals surface area contributed by atoms with Crippen LogP contribution in [-0.2, 0) is 0 Å². The molecule has 2 N–H and O–H groups in total. The van der Waals surface area contributed by atoms with Gasteiger partial charge in [0.05, 0.1) is 5.02 Å². The fraction of sp³-hybridized carbons (Fsp3) is 0.455. The molecule has 1 aliphatic carbocycles. The van der Waals surface area contributed by atoms with Crippen LogP contribution in [0.3, 0.4) is 0 Å². The molecule has 0 radical (unpaired) electrons. The lowest BCUT2D eigenvalue weighted by Crippen LogP contribution is -2.17. The van der Waals surface area contributed by atoms with E-state index in [9.17, 15) is 4.39 Å². The molecule has 1 nitrogen and oxygen atoms in total. The van der Waals surface area contributed by atoms with E-state index in [-0.39, 0.29) is 16.9 Å². The molecule has 3 unspecified atom stereocenters. The van der Waals surface area contributed by atoms with E-state index >= 15 is 0 Å². The Hall–Kier alpha value is -0.600. The van der Waals surface area contributed by atoms with Gasteiger partial charge in [0.25, 0.3) is 0 Å². The van der Waals surface area contributed by atoms with Crippen LogP contribution in [0, 0.1) is 11.7 Å². The van der Waals surface area contributed by atoms with Crippen LogP contribution in [-0.4, -0.2) is 6.04 Å². The second-order valence-electron chi connectivity index (χ2n) is 4.04. The van der Waals surface area contributed by atoms with E-state index in [4.69, 9.17) is 17.3 Å². The van der Waals surface area contributed by atoms with E-state index in [0.717, 1.165) is 12.0 Å². The Morgan fingerprint density at radius 3 is 2.79 bits per heavy atom. The topological polar surface area (TPSA) is 26.0 Å². The van der Waals surface area contributed by atoms with Gasteiger partial charge in [-0.3, -0.25) is 0 Å². The molecule has 76 valence electrons. The Morgan fingerprint density at radius 1 is 1.57 bits per heavy atom. The van der Waals surface area contributed by atoms with Gasteiger partial charge < -0.3 is 5.73 Å². The molecule has 1 fully saturated rings. The van der Waals surface area contributed by atoms with Crippen LogP contribution in [0.15, 0.2) is 18.2 Å². The Kier molecular flexibility index (Phi) is 2.50. The smallest absolute Gasteiger partial charge is 0.141 e. The summed E-state index contributed by atoms with van der Waals surface area (Å²) in [6, 6.07) is 5.15. The Labute approximate surface area is 88.1 Å². The summed E-state index contributed by atoms with van der Waals surface area (Å²) in [5.74, 6) is 0.665. The third-order valence-electron chi connectivity index (χ3n) is 2.89. The fourth-order valence-corrected chi connectivity index (χ4v) is 2.11. The van der Waals surface area contributed by atoms with Gasteiger partial charge in [-0.05, 0) is 42.9 Å². The van der Waals surface area contributed by atoms with Crippen molar-refractivity contribution in [1.29, 1.82) is 0 Å². The fourth-order valence-electron chi connectivity index (χ4n) is 1.92. The van der Waals surface area contributed by atoms with Gasteiger partial charge in [-0.2, -0.15) is 0 Å². The molecule has 0 aliphatic heterocycles. The maximum Gasteiger partial charge on any atom is 0.141 e. The summed E-state index contributed by atoms with van der Waals surface area (Å²) in [6.45, 7) is 2.01. The average Bonchev–Trinajstić information content (AvgIpc) is 2.89. The van der Waals surface area contributed by atoms with Crippen molar-refractivity contribution in [2.45, 2.75) is 25.3 Å². The van der Waals surface area contributed by atoms with E-state index in [1.807, 2.05) is 6.92 Å². The summed E-state index contributed by atoms with van der Waals surface area (Å²) < 4.78 is 12.9. The normalized spacial score (nSPS) is 27.4. The van der Waals surface area contributed by atoms with Crippen LogP contribution in [0.2, 0.25) is 5.02 Å². The van der Waals surface area contributed by atoms with Crippen molar-refractivity contribution in [3.05, 3.63) is 34.6 Å². The molecule has 2 rings (SSSR count). The van der Waals surface area contributed by atoms with Crippen molar-refractivity contribution in [3.8, 4) is 0 Å². The average molecular weight is 214 g/mol. The first-order valence-electron chi connectivity index (χ1n) is 4.80. The number of benzene rings is 1. The molecule has 1 aromatic carbocycles. The summed E-state index contributed by atoms with van der Waals surface area (Å²) in [7, 11) is 0. The second-order valence-corrected chi connectivity index (χ2v) is 4.45. The van der Waals surface area contributed by atoms with Crippen molar-refractivity contribution in [2.75, 3.05) is 0 Å². The van der Waals surface area contributed by atoms with Gasteiger partial charge in [0.15, 0.2) is 0 Å². The van der Waals surface area contributed by atoms with Gasteiger partial charge in [0.1, 0.15) is 5.82 Å². The van der Waals surface area contributed by atoms with Gasteiger partial charge in [-0.15, -0.1) is 0 Å². The maximum absolute atomic E-state index is 12.9. The third kappa shape index (κ3) is 1.77. The molecule has 0 aromatic heterocycles. The first-order valence-corrected chi connectivity index (χ1v) is 5.18. The molecule has 0 heterocycles. The molecule has 0 saturated heterocycles. The van der Waals surface area contributed by atoms with Gasteiger partial charge in [-0.1, -0.05) is 17.7 Å². The zero-order chi connectivity index (χ0) is 10.3. The Balaban J connectivity index is 2.16. The number of nitrogens with two attached hydrogens (primary N) is 1. The van der Waals surface area contributed by atoms with Gasteiger partial charge in [0, 0.05) is 6.04 Å². The SMILES string of the molecule is CC(N)C1CC1c1ccc(F)c(Cl)c1. The molecular weight excluding hydrogens is 201 g/mol. The molecule has 0 bridgehead atoms. The molecule has 0 spiro atoms. The molecule has 0 amide bonds. The zero-order valence-corrected chi connectivity index (χ0v) is 8.76. The first kappa shape index (κ1) is 9.94. The number of halogens is 2. The van der Waals surface area contributed by atoms with Crippen molar-refractivity contribution >= 4 is 11.6 Å². The Morgan fingerprint density at radius 2 is 2.29 bits per heavy atom. The van der Waals surface area contributed by atoms with Gasteiger partial charge >= 0.3 is 0 Å². The molecule has 3 heteroatoms. The maximum atomic E-state index is 12.9. The summed E-state index contributed by atoms with van der Waals surface area (Å²) in [6.07, 6.45) is 1.10. The number of hydrogen-bond acceptors (Lipinski definition) is 1. The second kappa shape index (κ2) is 3.52. The van der Waals surface area contributed by atoms with Crippen LogP contribution in [0.5, 0.6) is 0 Å². The van der Waals surface area contributed by atoms with E-state index in [1.54, 1.807) is 12.1 Å².